The van der Waals surface area contributed by atoms with Crippen LogP contribution in [-0.2, 0) is 4.79 Å². The highest BCUT2D eigenvalue weighted by molar-refractivity contribution is 6.20. The van der Waals surface area contributed by atoms with Gasteiger partial charge in [-0.3, -0.25) is 9.59 Å². The molecule has 0 fully saturated rings. The quantitative estimate of drug-likeness (QED) is 0.812. The highest BCUT2D eigenvalue weighted by Crippen LogP contribution is 2.28. The molecule has 6 heteroatoms. The molecule has 0 saturated heterocycles. The van der Waals surface area contributed by atoms with Crippen LogP contribution in [0.1, 0.15) is 24.2 Å². The Morgan fingerprint density at radius 3 is 2.53 bits per heavy atom. The molecule has 2 amide bonds. The fraction of sp³-hybridized carbons (Fsp3) is 0.385. The van der Waals surface area contributed by atoms with Gasteiger partial charge in [0.25, 0.3) is 0 Å². The molecule has 5 nitrogen and oxygen atoms in total. The summed E-state index contributed by atoms with van der Waals surface area (Å²) >= 11 is 5.74. The maximum Gasteiger partial charge on any atom is 0.248 e. The van der Waals surface area contributed by atoms with E-state index in [9.17, 15) is 9.59 Å². The largest absolute Gasteiger partial charge is 0.495 e. The molecule has 0 aromatic heterocycles. The number of anilines is 1. The highest BCUT2D eigenvalue weighted by atomic mass is 35.5. The van der Waals surface area contributed by atoms with Gasteiger partial charge in [-0.15, -0.1) is 11.6 Å². The zero-order valence-corrected chi connectivity index (χ0v) is 11.9. The van der Waals surface area contributed by atoms with Crippen LogP contribution in [0.25, 0.3) is 0 Å². The van der Waals surface area contributed by atoms with Gasteiger partial charge in [0.15, 0.2) is 0 Å². The number of amides is 2. The molecule has 0 spiro atoms. The Balaban J connectivity index is 3.08. The first-order chi connectivity index (χ1) is 8.81. The first-order valence-corrected chi connectivity index (χ1v) is 6.20. The Kier molecular flexibility index (Phi) is 4.78. The number of nitrogens with one attached hydrogen (secondary N) is 1. The van der Waals surface area contributed by atoms with Gasteiger partial charge in [-0.1, -0.05) is 0 Å². The van der Waals surface area contributed by atoms with Crippen molar-refractivity contribution in [2.45, 2.75) is 13.8 Å². The molecule has 0 aliphatic rings. The zero-order valence-electron chi connectivity index (χ0n) is 11.1. The van der Waals surface area contributed by atoms with Crippen LogP contribution in [0.15, 0.2) is 18.2 Å². The number of hydrogen-bond acceptors (Lipinski definition) is 3. The van der Waals surface area contributed by atoms with Crippen molar-refractivity contribution in [3.8, 4) is 5.75 Å². The number of rotatable bonds is 5. The monoisotopic (exact) mass is 284 g/mol. The van der Waals surface area contributed by atoms with Crippen LogP contribution in [0.3, 0.4) is 0 Å². The molecular formula is C13H17ClN2O3. The van der Waals surface area contributed by atoms with Gasteiger partial charge in [-0.25, -0.2) is 0 Å². The van der Waals surface area contributed by atoms with Gasteiger partial charge in [-0.2, -0.15) is 0 Å². The van der Waals surface area contributed by atoms with E-state index in [1.807, 2.05) is 0 Å². The van der Waals surface area contributed by atoms with E-state index in [-0.39, 0.29) is 11.8 Å². The van der Waals surface area contributed by atoms with Crippen molar-refractivity contribution in [1.29, 1.82) is 0 Å². The molecule has 104 valence electrons. The van der Waals surface area contributed by atoms with Crippen molar-refractivity contribution in [2.24, 2.45) is 11.1 Å². The van der Waals surface area contributed by atoms with Crippen LogP contribution in [0, 0.1) is 5.41 Å². The third-order valence-corrected chi connectivity index (χ3v) is 3.35. The van der Waals surface area contributed by atoms with Crippen LogP contribution >= 0.6 is 11.6 Å². The molecule has 0 aliphatic carbocycles. The van der Waals surface area contributed by atoms with Crippen LogP contribution < -0.4 is 15.8 Å². The molecule has 1 aromatic rings. The van der Waals surface area contributed by atoms with Crippen molar-refractivity contribution < 1.29 is 14.3 Å². The first kappa shape index (κ1) is 15.3. The summed E-state index contributed by atoms with van der Waals surface area (Å²) in [7, 11) is 1.47. The standard InChI is InChI=1S/C13H17ClN2O3/c1-13(2,7-14)12(18)16-9-6-8(11(15)17)4-5-10(9)19-3/h4-6H,7H2,1-3H3,(H2,15,17)(H,16,18). The molecule has 0 radical (unpaired) electrons. The van der Waals surface area contributed by atoms with Gasteiger partial charge in [0.05, 0.1) is 18.2 Å². The Labute approximate surface area is 117 Å². The number of nitrogens with two attached hydrogens (primary N) is 1. The molecule has 19 heavy (non-hydrogen) atoms. The van der Waals surface area contributed by atoms with Gasteiger partial charge in [0.1, 0.15) is 5.75 Å². The number of hydrogen-bond donors (Lipinski definition) is 2. The molecule has 3 N–H and O–H groups in total. The lowest BCUT2D eigenvalue weighted by molar-refractivity contribution is -0.122. The third kappa shape index (κ3) is 3.61. The van der Waals surface area contributed by atoms with Crippen LogP contribution in [0.4, 0.5) is 5.69 Å². The number of benzene rings is 1. The predicted octanol–water partition coefficient (Wildman–Crippen LogP) is 2.00. The van der Waals surface area contributed by atoms with Gasteiger partial charge in [0, 0.05) is 11.4 Å². The second kappa shape index (κ2) is 5.93. The third-order valence-electron chi connectivity index (χ3n) is 2.68. The molecular weight excluding hydrogens is 268 g/mol. The van der Waals surface area contributed by atoms with Gasteiger partial charge >= 0.3 is 0 Å². The Morgan fingerprint density at radius 1 is 1.42 bits per heavy atom. The van der Waals surface area contributed by atoms with E-state index in [4.69, 9.17) is 22.1 Å². The fourth-order valence-corrected chi connectivity index (χ4v) is 1.43. The predicted molar refractivity (Wildman–Crippen MR) is 74.6 cm³/mol. The molecule has 1 aromatic carbocycles. The lowest BCUT2D eigenvalue weighted by Gasteiger charge is -2.21. The minimum atomic E-state index is -0.727. The smallest absolute Gasteiger partial charge is 0.248 e. The summed E-state index contributed by atoms with van der Waals surface area (Å²) < 4.78 is 5.13. The molecule has 0 saturated carbocycles. The van der Waals surface area contributed by atoms with Gasteiger partial charge < -0.3 is 15.8 Å². The number of carbonyl (C=O) groups excluding carboxylic acids is 2. The molecule has 0 unspecified atom stereocenters. The lowest BCUT2D eigenvalue weighted by atomic mass is 9.95. The SMILES string of the molecule is COc1ccc(C(N)=O)cc1NC(=O)C(C)(C)CCl. The second-order valence-electron chi connectivity index (χ2n) is 4.75. The summed E-state index contributed by atoms with van der Waals surface area (Å²) in [6, 6.07) is 4.58. The summed E-state index contributed by atoms with van der Waals surface area (Å²) in [5.41, 5.74) is 5.16. The van der Waals surface area contributed by atoms with Crippen LogP contribution in [0.5, 0.6) is 5.75 Å². The molecule has 0 bridgehead atoms. The number of halogens is 1. The Bertz CT molecular complexity index is 501. The van der Waals surface area contributed by atoms with Crippen molar-refractivity contribution in [2.75, 3.05) is 18.3 Å². The molecule has 0 heterocycles. The van der Waals surface area contributed by atoms with Crippen molar-refractivity contribution in [3.05, 3.63) is 23.8 Å². The maximum atomic E-state index is 12.0. The summed E-state index contributed by atoms with van der Waals surface area (Å²) in [5.74, 6) is -0.211. The number of methoxy groups -OCH3 is 1. The summed E-state index contributed by atoms with van der Waals surface area (Å²) in [5, 5.41) is 2.69. The van der Waals surface area contributed by atoms with E-state index in [0.717, 1.165) is 0 Å². The Morgan fingerprint density at radius 2 is 2.05 bits per heavy atom. The summed E-state index contributed by atoms with van der Waals surface area (Å²) in [4.78, 5) is 23.2. The number of ether oxygens (including phenoxy) is 1. The van der Waals surface area contributed by atoms with E-state index in [1.165, 1.54) is 19.2 Å². The normalized spacial score (nSPS) is 10.9. The van der Waals surface area contributed by atoms with E-state index in [0.29, 0.717) is 17.0 Å². The minimum absolute atomic E-state index is 0.177. The van der Waals surface area contributed by atoms with E-state index in [1.54, 1.807) is 19.9 Å². The van der Waals surface area contributed by atoms with E-state index < -0.39 is 11.3 Å². The van der Waals surface area contributed by atoms with Crippen LogP contribution in [-0.4, -0.2) is 24.8 Å². The maximum absolute atomic E-state index is 12.0. The highest BCUT2D eigenvalue weighted by Gasteiger charge is 2.27. The van der Waals surface area contributed by atoms with Crippen LogP contribution in [0.2, 0.25) is 0 Å². The number of alkyl halides is 1. The first-order valence-electron chi connectivity index (χ1n) is 5.67. The average molecular weight is 285 g/mol. The van der Waals surface area contributed by atoms with E-state index in [2.05, 4.69) is 5.32 Å². The minimum Gasteiger partial charge on any atom is -0.495 e. The molecule has 1 rings (SSSR count). The fourth-order valence-electron chi connectivity index (χ4n) is 1.31. The van der Waals surface area contributed by atoms with Crippen molar-refractivity contribution in [3.63, 3.8) is 0 Å². The average Bonchev–Trinajstić information content (AvgIpc) is 2.38. The summed E-state index contributed by atoms with van der Waals surface area (Å²) in [6.07, 6.45) is 0. The van der Waals surface area contributed by atoms with E-state index >= 15 is 0 Å². The molecule has 0 aliphatic heterocycles. The summed E-state index contributed by atoms with van der Waals surface area (Å²) in [6.45, 7) is 3.44. The second-order valence-corrected chi connectivity index (χ2v) is 5.02. The number of primary amides is 1. The topological polar surface area (TPSA) is 81.4 Å². The van der Waals surface area contributed by atoms with Gasteiger partial charge in [-0.05, 0) is 32.0 Å². The van der Waals surface area contributed by atoms with Crippen molar-refractivity contribution >= 4 is 29.1 Å². The molecule has 0 atom stereocenters. The zero-order chi connectivity index (χ0) is 14.6. The lowest BCUT2D eigenvalue weighted by Crippen LogP contribution is -2.32. The van der Waals surface area contributed by atoms with Gasteiger partial charge in [0.2, 0.25) is 11.8 Å². The van der Waals surface area contributed by atoms with Crippen molar-refractivity contribution in [1.82, 2.24) is 0 Å². The Hall–Kier alpha value is -1.75. The number of carbonyl (C=O) groups is 2.